The summed E-state index contributed by atoms with van der Waals surface area (Å²) in [4.78, 5) is 24.2. The van der Waals surface area contributed by atoms with E-state index in [2.05, 4.69) is 15.9 Å². The molecule has 0 amide bonds. The lowest BCUT2D eigenvalue weighted by molar-refractivity contribution is -0.149. The third-order valence-corrected chi connectivity index (χ3v) is 4.63. The first-order chi connectivity index (χ1) is 8.61. The Morgan fingerprint density at radius 3 is 2.33 bits per heavy atom. The van der Waals surface area contributed by atoms with Crippen LogP contribution in [0.1, 0.15) is 64.7 Å². The molecule has 3 nitrogen and oxygen atoms in total. The molecule has 0 N–H and O–H groups in total. The summed E-state index contributed by atoms with van der Waals surface area (Å²) in [6.07, 6.45) is 8.61. The number of halogens is 1. The number of carbonyl (C=O) groups is 2. The number of alkyl halides is 1. The summed E-state index contributed by atoms with van der Waals surface area (Å²) in [7, 11) is 0. The smallest absolute Gasteiger partial charge is 0.330 e. The Morgan fingerprint density at radius 2 is 1.72 bits per heavy atom. The monoisotopic (exact) mass is 318 g/mol. The lowest BCUT2D eigenvalue weighted by Crippen LogP contribution is -2.42. The third-order valence-electron chi connectivity index (χ3n) is 3.47. The molecule has 0 aromatic carbocycles. The maximum atomic E-state index is 12.2. The third kappa shape index (κ3) is 4.38. The molecule has 0 heterocycles. The molecule has 18 heavy (non-hydrogen) atoms. The van der Waals surface area contributed by atoms with E-state index in [4.69, 9.17) is 4.74 Å². The van der Waals surface area contributed by atoms with Crippen LogP contribution in [0.15, 0.2) is 0 Å². The van der Waals surface area contributed by atoms with Gasteiger partial charge in [-0.3, -0.25) is 9.59 Å². The first-order valence-electron chi connectivity index (χ1n) is 7.00. The van der Waals surface area contributed by atoms with Crippen LogP contribution in [0.4, 0.5) is 0 Å². The van der Waals surface area contributed by atoms with E-state index in [0.29, 0.717) is 19.4 Å². The van der Waals surface area contributed by atoms with Crippen molar-refractivity contribution in [3.63, 3.8) is 0 Å². The first-order valence-corrected chi connectivity index (χ1v) is 7.80. The topological polar surface area (TPSA) is 43.4 Å². The van der Waals surface area contributed by atoms with Gasteiger partial charge in [0.05, 0.1) is 6.61 Å². The van der Waals surface area contributed by atoms with Gasteiger partial charge >= 0.3 is 5.97 Å². The highest BCUT2D eigenvalue weighted by Gasteiger charge is 2.43. The quantitative estimate of drug-likeness (QED) is 0.442. The Morgan fingerprint density at radius 1 is 1.17 bits per heavy atom. The van der Waals surface area contributed by atoms with E-state index in [9.17, 15) is 9.59 Å². The molecule has 4 heteroatoms. The minimum atomic E-state index is -1.09. The van der Waals surface area contributed by atoms with Crippen molar-refractivity contribution in [3.8, 4) is 0 Å². The fraction of sp³-hybridized carbons (Fsp3) is 0.857. The number of esters is 1. The van der Waals surface area contributed by atoms with Crippen molar-refractivity contribution < 1.29 is 14.3 Å². The molecular weight excluding hydrogens is 296 g/mol. The lowest BCUT2D eigenvalue weighted by atomic mass is 9.94. The molecule has 0 bridgehead atoms. The average Bonchev–Trinajstić information content (AvgIpc) is 2.38. The molecule has 104 valence electrons. The van der Waals surface area contributed by atoms with Crippen molar-refractivity contribution in [3.05, 3.63) is 0 Å². The Hall–Kier alpha value is -0.380. The average molecular weight is 319 g/mol. The van der Waals surface area contributed by atoms with Crippen LogP contribution in [-0.2, 0) is 14.3 Å². The largest absolute Gasteiger partial charge is 0.465 e. The van der Waals surface area contributed by atoms with Crippen molar-refractivity contribution in [1.82, 2.24) is 0 Å². The second-order valence-corrected chi connectivity index (χ2v) is 6.27. The number of carbonyl (C=O) groups excluding carboxylic acids is 2. The number of rotatable bonds is 2. The van der Waals surface area contributed by atoms with Gasteiger partial charge < -0.3 is 4.74 Å². The van der Waals surface area contributed by atoms with Gasteiger partial charge in [-0.25, -0.2) is 0 Å². The summed E-state index contributed by atoms with van der Waals surface area (Å²) in [6.45, 7) is 2.09. The van der Waals surface area contributed by atoms with E-state index in [1.165, 1.54) is 19.3 Å². The van der Waals surface area contributed by atoms with Gasteiger partial charge in [0.15, 0.2) is 10.1 Å². The molecule has 1 aliphatic rings. The Bertz CT molecular complexity index is 291. The zero-order valence-corrected chi connectivity index (χ0v) is 12.8. The van der Waals surface area contributed by atoms with Gasteiger partial charge in [-0.2, -0.15) is 0 Å². The first kappa shape index (κ1) is 15.7. The SMILES string of the molecule is CCOC(=O)C1(Br)CCCCCCCCCC1=O. The zero-order chi connectivity index (χ0) is 13.4. The van der Waals surface area contributed by atoms with Crippen LogP contribution in [-0.4, -0.2) is 22.7 Å². The van der Waals surface area contributed by atoms with Crippen LogP contribution in [0, 0.1) is 0 Å². The van der Waals surface area contributed by atoms with Gasteiger partial charge in [0.1, 0.15) is 0 Å². The standard InChI is InChI=1S/C14H23BrO3/c1-2-18-13(17)14(15)11-9-7-5-3-4-6-8-10-12(14)16/h2-11H2,1H3. The van der Waals surface area contributed by atoms with Crippen LogP contribution in [0.25, 0.3) is 0 Å². The summed E-state index contributed by atoms with van der Waals surface area (Å²) in [5.74, 6) is -0.419. The molecule has 1 fully saturated rings. The van der Waals surface area contributed by atoms with E-state index in [1.54, 1.807) is 6.92 Å². The fourth-order valence-electron chi connectivity index (χ4n) is 2.34. The molecule has 0 radical (unpaired) electrons. The highest BCUT2D eigenvalue weighted by Crippen LogP contribution is 2.31. The molecule has 1 unspecified atom stereocenters. The number of ketones is 1. The van der Waals surface area contributed by atoms with E-state index < -0.39 is 10.3 Å². The molecular formula is C14H23BrO3. The van der Waals surface area contributed by atoms with E-state index >= 15 is 0 Å². The van der Waals surface area contributed by atoms with E-state index in [1.807, 2.05) is 0 Å². The molecule has 1 aliphatic carbocycles. The Kier molecular flexibility index (Phi) is 6.90. The van der Waals surface area contributed by atoms with Gasteiger partial charge in [0, 0.05) is 6.42 Å². The number of ether oxygens (including phenoxy) is 1. The van der Waals surface area contributed by atoms with E-state index in [0.717, 1.165) is 25.7 Å². The van der Waals surface area contributed by atoms with E-state index in [-0.39, 0.29) is 5.78 Å². The summed E-state index contributed by atoms with van der Waals surface area (Å²) in [5.41, 5.74) is 0. The van der Waals surface area contributed by atoms with Crippen molar-refractivity contribution in [2.75, 3.05) is 6.61 Å². The predicted octanol–water partition coefficient (Wildman–Crippen LogP) is 3.78. The molecule has 1 atom stereocenters. The van der Waals surface area contributed by atoms with Crippen molar-refractivity contribution >= 4 is 27.7 Å². The number of Topliss-reactive ketones (excluding diaryl/α,β-unsaturated/α-hetero) is 1. The van der Waals surface area contributed by atoms with Crippen molar-refractivity contribution in [1.29, 1.82) is 0 Å². The maximum Gasteiger partial charge on any atom is 0.330 e. The van der Waals surface area contributed by atoms with Crippen molar-refractivity contribution in [2.24, 2.45) is 0 Å². The highest BCUT2D eigenvalue weighted by molar-refractivity contribution is 9.10. The lowest BCUT2D eigenvalue weighted by Gasteiger charge is -2.23. The molecule has 0 aliphatic heterocycles. The van der Waals surface area contributed by atoms with Crippen LogP contribution in [0.3, 0.4) is 0 Å². The predicted molar refractivity (Wildman–Crippen MR) is 74.9 cm³/mol. The minimum absolute atomic E-state index is 0.0112. The normalized spacial score (nSPS) is 27.3. The van der Waals surface area contributed by atoms with Crippen LogP contribution in [0.2, 0.25) is 0 Å². The summed E-state index contributed by atoms with van der Waals surface area (Å²) >= 11 is 3.37. The zero-order valence-electron chi connectivity index (χ0n) is 11.2. The highest BCUT2D eigenvalue weighted by atomic mass is 79.9. The van der Waals surface area contributed by atoms with Gasteiger partial charge in [0.25, 0.3) is 0 Å². The second-order valence-electron chi connectivity index (χ2n) is 4.92. The maximum absolute atomic E-state index is 12.2. The molecule has 1 saturated carbocycles. The summed E-state index contributed by atoms with van der Waals surface area (Å²) in [5, 5.41) is 0. The molecule has 1 rings (SSSR count). The van der Waals surface area contributed by atoms with Crippen LogP contribution in [0.5, 0.6) is 0 Å². The minimum Gasteiger partial charge on any atom is -0.465 e. The number of hydrogen-bond donors (Lipinski definition) is 0. The summed E-state index contributed by atoms with van der Waals surface area (Å²) in [6, 6.07) is 0. The van der Waals surface area contributed by atoms with Gasteiger partial charge in [-0.05, 0) is 19.8 Å². The second kappa shape index (κ2) is 7.93. The summed E-state index contributed by atoms with van der Waals surface area (Å²) < 4.78 is 3.96. The Labute approximate surface area is 118 Å². The van der Waals surface area contributed by atoms with Gasteiger partial charge in [-0.15, -0.1) is 0 Å². The number of hydrogen-bond acceptors (Lipinski definition) is 3. The Balaban J connectivity index is 2.73. The molecule has 0 saturated heterocycles. The van der Waals surface area contributed by atoms with Crippen LogP contribution >= 0.6 is 15.9 Å². The van der Waals surface area contributed by atoms with Crippen molar-refractivity contribution in [2.45, 2.75) is 69.0 Å². The van der Waals surface area contributed by atoms with Gasteiger partial charge in [-0.1, -0.05) is 54.5 Å². The molecule has 0 spiro atoms. The molecule has 0 aromatic rings. The van der Waals surface area contributed by atoms with Crippen LogP contribution < -0.4 is 0 Å². The fourth-order valence-corrected chi connectivity index (χ4v) is 2.93. The molecule has 0 aromatic heterocycles. The van der Waals surface area contributed by atoms with Gasteiger partial charge in [0.2, 0.25) is 0 Å².